The van der Waals surface area contributed by atoms with Crippen LogP contribution in [0.3, 0.4) is 0 Å². The van der Waals surface area contributed by atoms with E-state index in [0.29, 0.717) is 44.5 Å². The molecule has 0 spiro atoms. The van der Waals surface area contributed by atoms with E-state index in [1.165, 1.54) is 17.0 Å². The molecule has 3 aromatic carbocycles. The van der Waals surface area contributed by atoms with Crippen molar-refractivity contribution in [2.75, 3.05) is 18.1 Å². The number of carboxylic acid groups (broad SMARTS) is 1. The Balaban J connectivity index is 1.51. The van der Waals surface area contributed by atoms with E-state index in [0.717, 1.165) is 23.1 Å². The fraction of sp³-hybridized carbons (Fsp3) is 0.115. The second-order valence-corrected chi connectivity index (χ2v) is 9.63. The third-order valence-electron chi connectivity index (χ3n) is 5.10. The molecule has 0 atom stereocenters. The van der Waals surface area contributed by atoms with Crippen molar-refractivity contribution in [1.82, 2.24) is 0 Å². The number of halogens is 1. The molecule has 35 heavy (non-hydrogen) atoms. The molecule has 1 aliphatic heterocycles. The van der Waals surface area contributed by atoms with E-state index in [1.807, 2.05) is 31.2 Å². The van der Waals surface area contributed by atoms with Gasteiger partial charge in [0.25, 0.3) is 5.91 Å². The molecular weight excluding hydrogens is 506 g/mol. The smallest absolute Gasteiger partial charge is 0.335 e. The van der Waals surface area contributed by atoms with E-state index in [2.05, 4.69) is 0 Å². The van der Waals surface area contributed by atoms with Gasteiger partial charge in [0, 0.05) is 10.6 Å². The Hall–Kier alpha value is -3.33. The number of carbonyl (C=O) groups is 2. The van der Waals surface area contributed by atoms with Crippen molar-refractivity contribution < 1.29 is 24.2 Å². The van der Waals surface area contributed by atoms with E-state index < -0.39 is 5.97 Å². The van der Waals surface area contributed by atoms with E-state index in [1.54, 1.807) is 36.4 Å². The summed E-state index contributed by atoms with van der Waals surface area (Å²) in [4.78, 5) is 26.2. The predicted molar refractivity (Wildman–Crippen MR) is 143 cm³/mol. The van der Waals surface area contributed by atoms with Crippen LogP contribution in [0.1, 0.15) is 21.5 Å². The van der Waals surface area contributed by atoms with Crippen molar-refractivity contribution in [3.63, 3.8) is 0 Å². The molecule has 6 nitrogen and oxygen atoms in total. The molecule has 1 N–H and O–H groups in total. The van der Waals surface area contributed by atoms with E-state index in [9.17, 15) is 14.7 Å². The highest BCUT2D eigenvalue weighted by Crippen LogP contribution is 2.38. The summed E-state index contributed by atoms with van der Waals surface area (Å²) in [6.07, 6.45) is 1.67. The van der Waals surface area contributed by atoms with Crippen LogP contribution in [-0.4, -0.2) is 34.5 Å². The number of thiocarbonyl (C=S) groups is 1. The van der Waals surface area contributed by atoms with Crippen molar-refractivity contribution in [3.05, 3.63) is 93.3 Å². The van der Waals surface area contributed by atoms with Crippen LogP contribution in [-0.2, 0) is 4.79 Å². The largest absolute Gasteiger partial charge is 0.490 e. The Morgan fingerprint density at radius 3 is 2.54 bits per heavy atom. The SMILES string of the molecule is Cc1ccccc1OCCOc1ccc(Cl)cc1/C=C1\SC(=S)N(c2cccc(C(=O)O)c2)C1=O. The van der Waals surface area contributed by atoms with Gasteiger partial charge in [-0.3, -0.25) is 9.69 Å². The lowest BCUT2D eigenvalue weighted by Crippen LogP contribution is -2.27. The number of para-hydroxylation sites is 1. The molecule has 0 unspecified atom stereocenters. The number of aromatic carboxylic acids is 1. The predicted octanol–water partition coefficient (Wildman–Crippen LogP) is 6.21. The Morgan fingerprint density at radius 1 is 1.06 bits per heavy atom. The third kappa shape index (κ3) is 5.85. The average Bonchev–Trinajstić information content (AvgIpc) is 3.11. The summed E-state index contributed by atoms with van der Waals surface area (Å²) in [5.41, 5.74) is 2.12. The second-order valence-electron chi connectivity index (χ2n) is 7.52. The molecule has 4 rings (SSSR count). The average molecular weight is 526 g/mol. The topological polar surface area (TPSA) is 76.1 Å². The lowest BCUT2D eigenvalue weighted by atomic mass is 10.1. The number of hydrogen-bond donors (Lipinski definition) is 1. The van der Waals surface area contributed by atoms with Crippen LogP contribution in [0.5, 0.6) is 11.5 Å². The molecular formula is C26H20ClNO5S2. The van der Waals surface area contributed by atoms with Crippen LogP contribution in [0.2, 0.25) is 5.02 Å². The van der Waals surface area contributed by atoms with E-state index in [4.69, 9.17) is 33.3 Å². The molecule has 0 aromatic heterocycles. The molecule has 9 heteroatoms. The number of ether oxygens (including phenoxy) is 2. The standard InChI is InChI=1S/C26H20ClNO5S2/c1-16-5-2-3-8-21(16)32-11-12-33-22-10-9-19(27)13-18(22)15-23-24(29)28(26(34)35-23)20-7-4-6-17(14-20)25(30)31/h2-10,13-15H,11-12H2,1H3,(H,30,31)/b23-15-. The maximum atomic E-state index is 13.2. The van der Waals surface area contributed by atoms with Crippen molar-refractivity contribution in [1.29, 1.82) is 0 Å². The maximum Gasteiger partial charge on any atom is 0.335 e. The first-order chi connectivity index (χ1) is 16.8. The summed E-state index contributed by atoms with van der Waals surface area (Å²) in [6, 6.07) is 19.0. The number of benzene rings is 3. The zero-order chi connectivity index (χ0) is 24.9. The van der Waals surface area contributed by atoms with Crippen molar-refractivity contribution in [2.24, 2.45) is 0 Å². The minimum Gasteiger partial charge on any atom is -0.490 e. The molecule has 1 saturated heterocycles. The van der Waals surface area contributed by atoms with Gasteiger partial charge < -0.3 is 14.6 Å². The molecule has 178 valence electrons. The second kappa shape index (κ2) is 10.9. The van der Waals surface area contributed by atoms with Gasteiger partial charge in [-0.05, 0) is 61.0 Å². The van der Waals surface area contributed by atoms with Crippen LogP contribution >= 0.6 is 35.6 Å². The maximum absolute atomic E-state index is 13.2. The summed E-state index contributed by atoms with van der Waals surface area (Å²) >= 11 is 12.7. The van der Waals surface area contributed by atoms with Crippen LogP contribution in [0.15, 0.2) is 71.6 Å². The first-order valence-corrected chi connectivity index (χ1v) is 12.2. The summed E-state index contributed by atoms with van der Waals surface area (Å²) in [5, 5.41) is 9.76. The fourth-order valence-corrected chi connectivity index (χ4v) is 4.87. The molecule has 1 heterocycles. The highest BCUT2D eigenvalue weighted by molar-refractivity contribution is 8.27. The monoisotopic (exact) mass is 525 g/mol. The fourth-order valence-electron chi connectivity index (χ4n) is 3.39. The summed E-state index contributed by atoms with van der Waals surface area (Å²) in [6.45, 7) is 2.61. The molecule has 0 bridgehead atoms. The minimum absolute atomic E-state index is 0.0685. The van der Waals surface area contributed by atoms with Gasteiger partial charge in [0.1, 0.15) is 24.7 Å². The van der Waals surface area contributed by atoms with Gasteiger partial charge >= 0.3 is 5.97 Å². The van der Waals surface area contributed by atoms with E-state index >= 15 is 0 Å². The number of carboxylic acids is 1. The van der Waals surface area contributed by atoms with Gasteiger partial charge in [-0.2, -0.15) is 0 Å². The first-order valence-electron chi connectivity index (χ1n) is 10.6. The van der Waals surface area contributed by atoms with Crippen LogP contribution < -0.4 is 14.4 Å². The normalized spacial score (nSPS) is 14.5. The highest BCUT2D eigenvalue weighted by atomic mass is 35.5. The summed E-state index contributed by atoms with van der Waals surface area (Å²) in [7, 11) is 0. The van der Waals surface area contributed by atoms with Crippen molar-refractivity contribution >= 4 is 63.5 Å². The zero-order valence-corrected chi connectivity index (χ0v) is 21.0. The molecule has 3 aromatic rings. The van der Waals surface area contributed by atoms with Crippen molar-refractivity contribution in [2.45, 2.75) is 6.92 Å². The van der Waals surface area contributed by atoms with Crippen LogP contribution in [0.25, 0.3) is 6.08 Å². The van der Waals surface area contributed by atoms with Gasteiger partial charge in [-0.1, -0.05) is 59.8 Å². The van der Waals surface area contributed by atoms with Gasteiger partial charge in [0.05, 0.1) is 16.2 Å². The number of aryl methyl sites for hydroxylation is 1. The van der Waals surface area contributed by atoms with Gasteiger partial charge in [0.2, 0.25) is 0 Å². The Labute approximate surface area is 217 Å². The van der Waals surface area contributed by atoms with Gasteiger partial charge in [-0.15, -0.1) is 0 Å². The Morgan fingerprint density at radius 2 is 1.80 bits per heavy atom. The number of thioether (sulfide) groups is 1. The van der Waals surface area contributed by atoms with Crippen LogP contribution in [0.4, 0.5) is 5.69 Å². The Kier molecular flexibility index (Phi) is 7.75. The molecule has 0 saturated carbocycles. The first kappa shape index (κ1) is 24.8. The number of amides is 1. The number of carbonyl (C=O) groups excluding carboxylic acids is 1. The molecule has 1 aliphatic rings. The highest BCUT2D eigenvalue weighted by Gasteiger charge is 2.33. The number of nitrogens with zero attached hydrogens (tertiary/aromatic N) is 1. The number of rotatable bonds is 8. The van der Waals surface area contributed by atoms with Gasteiger partial charge in [0.15, 0.2) is 4.32 Å². The van der Waals surface area contributed by atoms with Crippen molar-refractivity contribution in [3.8, 4) is 11.5 Å². The summed E-state index contributed by atoms with van der Waals surface area (Å²) < 4.78 is 12.0. The van der Waals surface area contributed by atoms with Gasteiger partial charge in [-0.25, -0.2) is 4.79 Å². The summed E-state index contributed by atoms with van der Waals surface area (Å²) in [5.74, 6) is -0.0969. The van der Waals surface area contributed by atoms with E-state index in [-0.39, 0.29) is 11.5 Å². The Bertz CT molecular complexity index is 1340. The lowest BCUT2D eigenvalue weighted by Gasteiger charge is -2.15. The lowest BCUT2D eigenvalue weighted by molar-refractivity contribution is -0.113. The quantitative estimate of drug-likeness (QED) is 0.213. The number of anilines is 1. The zero-order valence-electron chi connectivity index (χ0n) is 18.6. The molecule has 1 fully saturated rings. The third-order valence-corrected chi connectivity index (χ3v) is 6.63. The molecule has 0 radical (unpaired) electrons. The molecule has 1 amide bonds. The van der Waals surface area contributed by atoms with Crippen LogP contribution in [0, 0.1) is 6.92 Å². The molecule has 0 aliphatic carbocycles. The minimum atomic E-state index is -1.08. The number of hydrogen-bond acceptors (Lipinski definition) is 6.